The van der Waals surface area contributed by atoms with E-state index >= 15 is 0 Å². The lowest BCUT2D eigenvalue weighted by Gasteiger charge is -2.32. The Morgan fingerprint density at radius 1 is 1.11 bits per heavy atom. The van der Waals surface area contributed by atoms with Gasteiger partial charge in [-0.05, 0) is 18.2 Å². The highest BCUT2D eigenvalue weighted by Gasteiger charge is 2.25. The Kier molecular flexibility index (Phi) is 7.38. The molecule has 3 aromatic heterocycles. The van der Waals surface area contributed by atoms with Crippen LogP contribution in [0.25, 0.3) is 27.7 Å². The number of rotatable bonds is 6. The summed E-state index contributed by atoms with van der Waals surface area (Å²) < 4.78 is 36.5. The van der Waals surface area contributed by atoms with E-state index in [1.807, 2.05) is 12.1 Å². The number of anilines is 1. The average molecular weight is 545 g/mol. The maximum Gasteiger partial charge on any atom is 0.246 e. The summed E-state index contributed by atoms with van der Waals surface area (Å²) in [5, 5.41) is 0. The molecule has 2 aliphatic rings. The highest BCUT2D eigenvalue weighted by molar-refractivity contribution is 7.88. The maximum absolute atomic E-state index is 12.8. The summed E-state index contributed by atoms with van der Waals surface area (Å²) in [4.78, 5) is 31.5. The first-order chi connectivity index (χ1) is 17.8. The van der Waals surface area contributed by atoms with Gasteiger partial charge in [0.2, 0.25) is 21.8 Å². The fourth-order valence-corrected chi connectivity index (χ4v) is 6.11. The number of carbonyl (C=O) groups is 1. The molecule has 3 aromatic rings. The lowest BCUT2D eigenvalue weighted by atomic mass is 10.2. The van der Waals surface area contributed by atoms with E-state index in [0.717, 1.165) is 39.6 Å². The van der Waals surface area contributed by atoms with Gasteiger partial charge in [-0.2, -0.15) is 4.31 Å². The highest BCUT2D eigenvalue weighted by atomic mass is 32.2. The Morgan fingerprint density at radius 3 is 2.51 bits per heavy atom. The molecule has 0 N–H and O–H groups in total. The van der Waals surface area contributed by atoms with Gasteiger partial charge in [0.25, 0.3) is 0 Å². The molecule has 13 heteroatoms. The molecule has 196 valence electrons. The molecule has 2 saturated heterocycles. The van der Waals surface area contributed by atoms with Crippen LogP contribution in [0.2, 0.25) is 0 Å². The predicted octanol–water partition coefficient (Wildman–Crippen LogP) is 1.72. The number of pyridine rings is 1. The average Bonchev–Trinajstić information content (AvgIpc) is 3.34. The molecule has 0 saturated carbocycles. The molecule has 0 bridgehead atoms. The van der Waals surface area contributed by atoms with Crippen molar-refractivity contribution in [3.63, 3.8) is 0 Å². The van der Waals surface area contributed by atoms with Gasteiger partial charge in [-0.15, -0.1) is 11.3 Å². The first kappa shape index (κ1) is 25.5. The van der Waals surface area contributed by atoms with E-state index in [2.05, 4.69) is 9.88 Å². The molecular weight excluding hydrogens is 516 g/mol. The second-order valence-electron chi connectivity index (χ2n) is 8.74. The predicted molar refractivity (Wildman–Crippen MR) is 142 cm³/mol. The molecule has 0 radical (unpaired) electrons. The van der Waals surface area contributed by atoms with Crippen LogP contribution in [0.1, 0.15) is 4.88 Å². The number of aromatic nitrogens is 3. The minimum Gasteiger partial charge on any atom is -0.481 e. The third-order valence-electron chi connectivity index (χ3n) is 6.30. The summed E-state index contributed by atoms with van der Waals surface area (Å²) in [6.45, 7) is 4.07. The van der Waals surface area contributed by atoms with Gasteiger partial charge in [0, 0.05) is 68.0 Å². The van der Waals surface area contributed by atoms with Crippen LogP contribution in [-0.2, 0) is 19.6 Å². The van der Waals surface area contributed by atoms with Crippen molar-refractivity contribution in [2.24, 2.45) is 0 Å². The molecule has 0 aromatic carbocycles. The van der Waals surface area contributed by atoms with E-state index in [4.69, 9.17) is 19.4 Å². The SMILES string of the molecule is COc1ccc(-c2nc(N3CCOCC3)c3sc(/C=C/C(=O)N4CCN(S(C)(=O)=O)CC4)cc3n2)cn1. The molecule has 2 fully saturated rings. The largest absolute Gasteiger partial charge is 0.481 e. The van der Waals surface area contributed by atoms with Crippen LogP contribution in [0.3, 0.4) is 0 Å². The smallest absolute Gasteiger partial charge is 0.246 e. The number of nitrogens with zero attached hydrogens (tertiary/aromatic N) is 6. The van der Waals surface area contributed by atoms with Gasteiger partial charge in [-0.1, -0.05) is 0 Å². The van der Waals surface area contributed by atoms with Gasteiger partial charge in [-0.3, -0.25) is 4.79 Å². The van der Waals surface area contributed by atoms with Gasteiger partial charge in [0.15, 0.2) is 11.6 Å². The van der Waals surface area contributed by atoms with Gasteiger partial charge < -0.3 is 19.3 Å². The quantitative estimate of drug-likeness (QED) is 0.428. The highest BCUT2D eigenvalue weighted by Crippen LogP contribution is 2.35. The molecular formula is C24H28N6O5S2. The van der Waals surface area contributed by atoms with E-state index in [-0.39, 0.29) is 5.91 Å². The van der Waals surface area contributed by atoms with E-state index in [1.54, 1.807) is 30.3 Å². The van der Waals surface area contributed by atoms with Gasteiger partial charge >= 0.3 is 0 Å². The number of hydrogen-bond acceptors (Lipinski definition) is 10. The van der Waals surface area contributed by atoms with Crippen LogP contribution in [0, 0.1) is 0 Å². The van der Waals surface area contributed by atoms with Crippen molar-refractivity contribution in [1.82, 2.24) is 24.2 Å². The zero-order valence-electron chi connectivity index (χ0n) is 20.7. The first-order valence-corrected chi connectivity index (χ1v) is 14.5. The minimum absolute atomic E-state index is 0.143. The number of sulfonamides is 1. The Balaban J connectivity index is 1.41. The normalized spacial score (nSPS) is 17.6. The van der Waals surface area contributed by atoms with E-state index < -0.39 is 10.0 Å². The molecule has 0 atom stereocenters. The zero-order chi connectivity index (χ0) is 26.0. The van der Waals surface area contributed by atoms with Crippen molar-refractivity contribution < 1.29 is 22.7 Å². The zero-order valence-corrected chi connectivity index (χ0v) is 22.3. The monoisotopic (exact) mass is 544 g/mol. The molecule has 11 nitrogen and oxygen atoms in total. The van der Waals surface area contributed by atoms with Crippen LogP contribution < -0.4 is 9.64 Å². The van der Waals surface area contributed by atoms with E-state index in [9.17, 15) is 13.2 Å². The van der Waals surface area contributed by atoms with Gasteiger partial charge in [0.1, 0.15) is 0 Å². The van der Waals surface area contributed by atoms with Crippen molar-refractivity contribution in [2.75, 3.05) is 70.7 Å². The fraction of sp³-hybridized carbons (Fsp3) is 0.417. The Morgan fingerprint density at radius 2 is 1.86 bits per heavy atom. The Bertz CT molecular complexity index is 1410. The number of morpholine rings is 1. The van der Waals surface area contributed by atoms with Crippen LogP contribution in [0.4, 0.5) is 5.82 Å². The van der Waals surface area contributed by atoms with Crippen LogP contribution in [-0.4, -0.2) is 104 Å². The van der Waals surface area contributed by atoms with Crippen molar-refractivity contribution in [1.29, 1.82) is 0 Å². The van der Waals surface area contributed by atoms with Crippen molar-refractivity contribution in [3.8, 4) is 17.3 Å². The molecule has 0 aliphatic carbocycles. The summed E-state index contributed by atoms with van der Waals surface area (Å²) in [5.74, 6) is 1.78. The van der Waals surface area contributed by atoms with Gasteiger partial charge in [-0.25, -0.2) is 23.4 Å². The van der Waals surface area contributed by atoms with E-state index in [0.29, 0.717) is 51.1 Å². The molecule has 37 heavy (non-hydrogen) atoms. The van der Waals surface area contributed by atoms with Crippen molar-refractivity contribution >= 4 is 49.4 Å². The number of methoxy groups -OCH3 is 1. The van der Waals surface area contributed by atoms with E-state index in [1.165, 1.54) is 28.0 Å². The van der Waals surface area contributed by atoms with Crippen LogP contribution >= 0.6 is 11.3 Å². The number of amides is 1. The number of ether oxygens (including phenoxy) is 2. The molecule has 0 spiro atoms. The third-order valence-corrected chi connectivity index (χ3v) is 8.69. The Labute approximate surface area is 219 Å². The fourth-order valence-electron chi connectivity index (χ4n) is 4.27. The minimum atomic E-state index is -3.24. The van der Waals surface area contributed by atoms with Crippen LogP contribution in [0.15, 0.2) is 30.5 Å². The lowest BCUT2D eigenvalue weighted by Crippen LogP contribution is -2.49. The second-order valence-corrected chi connectivity index (χ2v) is 11.8. The Hall–Kier alpha value is -3.13. The van der Waals surface area contributed by atoms with Crippen LogP contribution in [0.5, 0.6) is 5.88 Å². The van der Waals surface area contributed by atoms with Crippen molar-refractivity contribution in [2.45, 2.75) is 0 Å². The summed E-state index contributed by atoms with van der Waals surface area (Å²) in [6.07, 6.45) is 6.21. The third kappa shape index (κ3) is 5.74. The number of fused-ring (bicyclic) bond motifs is 1. The topological polar surface area (TPSA) is 118 Å². The summed E-state index contributed by atoms with van der Waals surface area (Å²) in [6, 6.07) is 5.61. The molecule has 1 amide bonds. The summed E-state index contributed by atoms with van der Waals surface area (Å²) in [7, 11) is -1.67. The number of thiophene rings is 1. The first-order valence-electron chi connectivity index (χ1n) is 11.9. The standard InChI is InChI=1S/C24H28N6O5S2/c1-34-20-5-3-17(16-25-20)23-26-19-15-18(36-22(19)24(27-23)29-11-13-35-14-12-29)4-6-21(31)28-7-9-30(10-8-28)37(2,32)33/h3-6,15-16H,7-14H2,1-2H3/b6-4+. The second kappa shape index (κ2) is 10.7. The number of piperazine rings is 1. The number of carbonyl (C=O) groups excluding carboxylic acids is 1. The summed E-state index contributed by atoms with van der Waals surface area (Å²) in [5.41, 5.74) is 1.57. The molecule has 0 unspecified atom stereocenters. The maximum atomic E-state index is 12.8. The molecule has 2 aliphatic heterocycles. The van der Waals surface area contributed by atoms with Crippen molar-refractivity contribution in [3.05, 3.63) is 35.3 Å². The molecule has 5 heterocycles. The number of hydrogen-bond donors (Lipinski definition) is 0. The van der Waals surface area contributed by atoms with Gasteiger partial charge in [0.05, 0.1) is 36.8 Å². The summed E-state index contributed by atoms with van der Waals surface area (Å²) >= 11 is 1.53. The lowest BCUT2D eigenvalue weighted by molar-refractivity contribution is -0.127. The molecule has 5 rings (SSSR count).